The maximum absolute atomic E-state index is 6.43. The van der Waals surface area contributed by atoms with E-state index >= 15 is 0 Å². The Balaban J connectivity index is 1.55. The lowest BCUT2D eigenvalue weighted by Gasteiger charge is -2.34. The first-order chi connectivity index (χ1) is 16.3. The van der Waals surface area contributed by atoms with Gasteiger partial charge in [0.05, 0.1) is 24.4 Å². The van der Waals surface area contributed by atoms with Gasteiger partial charge in [0.15, 0.2) is 6.29 Å². The molecular weight excluding hydrogens is 425 g/mol. The zero-order valence-electron chi connectivity index (χ0n) is 21.2. The van der Waals surface area contributed by atoms with Crippen molar-refractivity contribution < 1.29 is 18.8 Å². The van der Waals surface area contributed by atoms with E-state index in [-0.39, 0.29) is 30.7 Å². The van der Waals surface area contributed by atoms with Crippen LogP contribution >= 0.6 is 0 Å². The summed E-state index contributed by atoms with van der Waals surface area (Å²) in [4.78, 5) is 2.57. The van der Waals surface area contributed by atoms with Crippen molar-refractivity contribution in [2.45, 2.75) is 89.9 Å². The highest BCUT2D eigenvalue weighted by Crippen LogP contribution is 2.39. The van der Waals surface area contributed by atoms with Gasteiger partial charge in [-0.15, -0.1) is 0 Å². The molecule has 2 aromatic carbocycles. The van der Waals surface area contributed by atoms with Crippen LogP contribution in [0.4, 0.5) is 0 Å². The van der Waals surface area contributed by atoms with Gasteiger partial charge in [0, 0.05) is 19.1 Å². The fourth-order valence-corrected chi connectivity index (χ4v) is 4.71. The summed E-state index contributed by atoms with van der Waals surface area (Å²) in [7, 11) is -0.239. The Bertz CT molecular complexity index is 813. The molecule has 6 heteroatoms. The van der Waals surface area contributed by atoms with Gasteiger partial charge < -0.3 is 18.8 Å². The summed E-state index contributed by atoms with van der Waals surface area (Å²) in [6, 6.07) is 21.7. The van der Waals surface area contributed by atoms with E-state index in [0.29, 0.717) is 0 Å². The normalized spacial score (nSPS) is 21.1. The van der Waals surface area contributed by atoms with Crippen molar-refractivity contribution >= 4 is 7.12 Å². The summed E-state index contributed by atoms with van der Waals surface area (Å²) in [6.45, 7) is 11.8. The molecule has 0 amide bonds. The van der Waals surface area contributed by atoms with Gasteiger partial charge in [0.25, 0.3) is 0 Å². The van der Waals surface area contributed by atoms with E-state index in [1.54, 1.807) is 0 Å². The van der Waals surface area contributed by atoms with Crippen LogP contribution in [0.3, 0.4) is 0 Å². The Hall–Kier alpha value is -1.70. The average molecular weight is 465 g/mol. The first kappa shape index (κ1) is 25.4. The number of benzene rings is 2. The number of nitrogens with zero attached hydrogens (tertiary/aromatic N) is 1. The molecule has 1 unspecified atom stereocenters. The molecular formula is C28H40BNO4. The third kappa shape index (κ3) is 6.70. The van der Waals surface area contributed by atoms with Crippen molar-refractivity contribution in [3.63, 3.8) is 0 Å². The Labute approximate surface area is 205 Å². The molecule has 0 N–H and O–H groups in total. The second kappa shape index (κ2) is 11.4. The molecule has 34 heavy (non-hydrogen) atoms. The van der Waals surface area contributed by atoms with Gasteiger partial charge in [-0.2, -0.15) is 0 Å². The van der Waals surface area contributed by atoms with Crippen LogP contribution in [0, 0.1) is 0 Å². The van der Waals surface area contributed by atoms with E-state index in [4.69, 9.17) is 18.8 Å². The molecule has 0 spiro atoms. The maximum Gasteiger partial charge on any atom is 0.459 e. The molecule has 0 saturated carbocycles. The molecule has 1 atom stereocenters. The number of hydrogen-bond donors (Lipinski definition) is 0. The minimum Gasteiger partial charge on any atom is -0.403 e. The van der Waals surface area contributed by atoms with Gasteiger partial charge in [-0.1, -0.05) is 60.7 Å². The lowest BCUT2D eigenvalue weighted by molar-refractivity contribution is -0.182. The van der Waals surface area contributed by atoms with E-state index in [1.807, 2.05) is 0 Å². The molecule has 0 bridgehead atoms. The Morgan fingerprint density at radius 3 is 1.82 bits per heavy atom. The average Bonchev–Trinajstić information content (AvgIpc) is 3.04. The Morgan fingerprint density at radius 2 is 1.32 bits per heavy atom. The fourth-order valence-electron chi connectivity index (χ4n) is 4.71. The van der Waals surface area contributed by atoms with Crippen LogP contribution in [-0.4, -0.2) is 48.8 Å². The highest BCUT2D eigenvalue weighted by atomic mass is 16.7. The minimum absolute atomic E-state index is 0.121. The standard InChI is InChI=1S/C28H40BNO4/c1-27(2)28(3,4)34-29(33-27)20-25(16-17-26-31-18-11-19-32-26)30(21-23-12-7-5-8-13-23)22-24-14-9-6-10-15-24/h5-10,12-15,25-26H,11,16-22H2,1-4H3. The predicted molar refractivity (Wildman–Crippen MR) is 136 cm³/mol. The van der Waals surface area contributed by atoms with Gasteiger partial charge in [-0.3, -0.25) is 4.90 Å². The van der Waals surface area contributed by atoms with E-state index in [2.05, 4.69) is 93.3 Å². The zero-order chi connectivity index (χ0) is 24.0. The number of ether oxygens (including phenoxy) is 2. The minimum atomic E-state index is -0.332. The van der Waals surface area contributed by atoms with Crippen molar-refractivity contribution in [2.24, 2.45) is 0 Å². The van der Waals surface area contributed by atoms with Crippen LogP contribution in [0.2, 0.25) is 6.32 Å². The second-order valence-corrected chi connectivity index (χ2v) is 10.6. The van der Waals surface area contributed by atoms with Crippen LogP contribution in [0.1, 0.15) is 58.1 Å². The highest BCUT2D eigenvalue weighted by Gasteiger charge is 2.51. The van der Waals surface area contributed by atoms with E-state index < -0.39 is 0 Å². The van der Waals surface area contributed by atoms with Crippen LogP contribution in [-0.2, 0) is 31.9 Å². The molecule has 184 valence electrons. The lowest BCUT2D eigenvalue weighted by atomic mass is 9.78. The summed E-state index contributed by atoms with van der Waals surface area (Å²) in [5, 5.41) is 0. The van der Waals surface area contributed by atoms with Crippen molar-refractivity contribution in [2.75, 3.05) is 13.2 Å². The van der Waals surface area contributed by atoms with Crippen LogP contribution < -0.4 is 0 Å². The van der Waals surface area contributed by atoms with Gasteiger partial charge in [-0.25, -0.2) is 0 Å². The predicted octanol–water partition coefficient (Wildman–Crippen LogP) is 5.69. The molecule has 0 aliphatic carbocycles. The van der Waals surface area contributed by atoms with E-state index in [1.165, 1.54) is 11.1 Å². The summed E-state index contributed by atoms with van der Waals surface area (Å²) < 4.78 is 24.6. The van der Waals surface area contributed by atoms with Crippen molar-refractivity contribution in [1.82, 2.24) is 4.90 Å². The number of hydrogen-bond acceptors (Lipinski definition) is 5. The highest BCUT2D eigenvalue weighted by molar-refractivity contribution is 6.45. The topological polar surface area (TPSA) is 40.2 Å². The Morgan fingerprint density at radius 1 is 0.824 bits per heavy atom. The molecule has 4 rings (SSSR count). The van der Waals surface area contributed by atoms with Gasteiger partial charge in [-0.05, 0) is 64.4 Å². The zero-order valence-corrected chi connectivity index (χ0v) is 21.2. The molecule has 0 radical (unpaired) electrons. The maximum atomic E-state index is 6.43. The second-order valence-electron chi connectivity index (χ2n) is 10.6. The van der Waals surface area contributed by atoms with Crippen molar-refractivity contribution in [3.8, 4) is 0 Å². The molecule has 2 saturated heterocycles. The van der Waals surface area contributed by atoms with Crippen LogP contribution in [0.15, 0.2) is 60.7 Å². The smallest absolute Gasteiger partial charge is 0.403 e. The summed E-state index contributed by atoms with van der Waals surface area (Å²) >= 11 is 0. The largest absolute Gasteiger partial charge is 0.459 e. The molecule has 2 aromatic rings. The molecule has 0 aromatic heterocycles. The van der Waals surface area contributed by atoms with Crippen LogP contribution in [0.25, 0.3) is 0 Å². The lowest BCUT2D eigenvalue weighted by Crippen LogP contribution is -2.41. The molecule has 2 fully saturated rings. The number of rotatable bonds is 10. The quantitative estimate of drug-likeness (QED) is 0.422. The van der Waals surface area contributed by atoms with Gasteiger partial charge >= 0.3 is 7.12 Å². The molecule has 5 nitrogen and oxygen atoms in total. The SMILES string of the molecule is CC1(C)OB(CC(CCC2OCCCO2)N(Cc2ccccc2)Cc2ccccc2)OC1(C)C. The van der Waals surface area contributed by atoms with E-state index in [9.17, 15) is 0 Å². The molecule has 2 heterocycles. The Kier molecular flexibility index (Phi) is 8.49. The van der Waals surface area contributed by atoms with Gasteiger partial charge in [0.1, 0.15) is 0 Å². The first-order valence-electron chi connectivity index (χ1n) is 12.7. The molecule has 2 aliphatic heterocycles. The van der Waals surface area contributed by atoms with Crippen LogP contribution in [0.5, 0.6) is 0 Å². The third-order valence-corrected chi connectivity index (χ3v) is 7.37. The monoisotopic (exact) mass is 465 g/mol. The van der Waals surface area contributed by atoms with Gasteiger partial charge in [0.2, 0.25) is 0 Å². The first-order valence-corrected chi connectivity index (χ1v) is 12.7. The summed E-state index contributed by atoms with van der Waals surface area (Å²) in [5.41, 5.74) is 1.95. The van der Waals surface area contributed by atoms with E-state index in [0.717, 1.165) is 51.9 Å². The third-order valence-electron chi connectivity index (χ3n) is 7.37. The summed E-state index contributed by atoms with van der Waals surface area (Å²) in [5.74, 6) is 0. The van der Waals surface area contributed by atoms with Crippen molar-refractivity contribution in [1.29, 1.82) is 0 Å². The summed E-state index contributed by atoms with van der Waals surface area (Å²) in [6.07, 6.45) is 3.48. The fraction of sp³-hybridized carbons (Fsp3) is 0.571. The molecule has 2 aliphatic rings. The van der Waals surface area contributed by atoms with Crippen molar-refractivity contribution in [3.05, 3.63) is 71.8 Å².